The van der Waals surface area contributed by atoms with Gasteiger partial charge in [0.25, 0.3) is 0 Å². The van der Waals surface area contributed by atoms with E-state index in [2.05, 4.69) is 21.0 Å². The van der Waals surface area contributed by atoms with Crippen molar-refractivity contribution in [1.82, 2.24) is 20.1 Å². The van der Waals surface area contributed by atoms with Gasteiger partial charge >= 0.3 is 0 Å². The number of hydrogen-bond donors (Lipinski definition) is 1. The summed E-state index contributed by atoms with van der Waals surface area (Å²) in [7, 11) is 0. The van der Waals surface area contributed by atoms with Crippen molar-refractivity contribution in [3.63, 3.8) is 0 Å². The highest BCUT2D eigenvalue weighted by Gasteiger charge is 2.23. The van der Waals surface area contributed by atoms with Crippen LogP contribution in [0.3, 0.4) is 0 Å². The summed E-state index contributed by atoms with van der Waals surface area (Å²) in [4.78, 5) is 4.38. The van der Waals surface area contributed by atoms with Crippen LogP contribution in [-0.4, -0.2) is 27.9 Å². The van der Waals surface area contributed by atoms with Gasteiger partial charge in [0, 0.05) is 31.4 Å². The first-order chi connectivity index (χ1) is 11.3. The average Bonchev–Trinajstić information content (AvgIpc) is 2.92. The van der Waals surface area contributed by atoms with E-state index in [1.54, 1.807) is 6.20 Å². The van der Waals surface area contributed by atoms with E-state index in [0.29, 0.717) is 6.04 Å². The first kappa shape index (κ1) is 14.1. The number of halogens is 1. The van der Waals surface area contributed by atoms with Crippen molar-refractivity contribution in [1.29, 1.82) is 0 Å². The highest BCUT2D eigenvalue weighted by Crippen LogP contribution is 2.23. The monoisotopic (exact) mass is 308 g/mol. The predicted molar refractivity (Wildman–Crippen MR) is 86.6 cm³/mol. The van der Waals surface area contributed by atoms with Crippen LogP contribution in [-0.2, 0) is 6.42 Å². The molecule has 0 unspecified atom stereocenters. The Morgan fingerprint density at radius 1 is 1.09 bits per heavy atom. The maximum Gasteiger partial charge on any atom is 0.123 e. The van der Waals surface area contributed by atoms with Crippen molar-refractivity contribution in [3.05, 3.63) is 71.8 Å². The summed E-state index contributed by atoms with van der Waals surface area (Å²) in [5.74, 6) is -0.209. The van der Waals surface area contributed by atoms with Gasteiger partial charge in [-0.3, -0.25) is 9.67 Å². The molecule has 0 radical (unpaired) electrons. The van der Waals surface area contributed by atoms with E-state index in [1.807, 2.05) is 30.3 Å². The van der Waals surface area contributed by atoms with Crippen molar-refractivity contribution in [2.75, 3.05) is 13.1 Å². The van der Waals surface area contributed by atoms with Crippen molar-refractivity contribution in [2.24, 2.45) is 0 Å². The molecule has 0 atom stereocenters. The third-order valence-electron chi connectivity index (χ3n) is 4.14. The van der Waals surface area contributed by atoms with Gasteiger partial charge in [-0.25, -0.2) is 4.39 Å². The highest BCUT2D eigenvalue weighted by molar-refractivity contribution is 5.54. The molecule has 5 heteroatoms. The molecule has 0 aliphatic carbocycles. The molecule has 3 aromatic rings. The summed E-state index contributed by atoms with van der Waals surface area (Å²) in [6.07, 6.45) is 2.51. The van der Waals surface area contributed by atoms with E-state index in [4.69, 9.17) is 5.10 Å². The van der Waals surface area contributed by atoms with E-state index < -0.39 is 0 Å². The summed E-state index contributed by atoms with van der Waals surface area (Å²) in [5, 5.41) is 8.04. The van der Waals surface area contributed by atoms with Gasteiger partial charge in [0.2, 0.25) is 0 Å². The lowest BCUT2D eigenvalue weighted by Gasteiger charge is -2.29. The van der Waals surface area contributed by atoms with Crippen LogP contribution in [0, 0.1) is 5.82 Å². The SMILES string of the molecule is Fc1ccc(Cc2cc(-c3ccccn3)nn2C2CNC2)cc1. The number of rotatable bonds is 4. The summed E-state index contributed by atoms with van der Waals surface area (Å²) in [6.45, 7) is 1.86. The number of nitrogens with zero attached hydrogens (tertiary/aromatic N) is 3. The zero-order valence-corrected chi connectivity index (χ0v) is 12.6. The number of aromatic nitrogens is 3. The lowest BCUT2D eigenvalue weighted by Crippen LogP contribution is -2.44. The molecule has 0 amide bonds. The minimum absolute atomic E-state index is 0.209. The second-order valence-electron chi connectivity index (χ2n) is 5.80. The fourth-order valence-corrected chi connectivity index (χ4v) is 2.78. The molecule has 3 heterocycles. The van der Waals surface area contributed by atoms with Gasteiger partial charge < -0.3 is 5.32 Å². The molecule has 1 N–H and O–H groups in total. The van der Waals surface area contributed by atoms with Crippen LogP contribution in [0.1, 0.15) is 17.3 Å². The van der Waals surface area contributed by atoms with Crippen LogP contribution >= 0.6 is 0 Å². The molecule has 0 saturated carbocycles. The van der Waals surface area contributed by atoms with Gasteiger partial charge in [-0.2, -0.15) is 5.10 Å². The van der Waals surface area contributed by atoms with E-state index >= 15 is 0 Å². The Kier molecular flexibility index (Phi) is 3.63. The molecule has 1 aromatic carbocycles. The molecule has 0 bridgehead atoms. The van der Waals surface area contributed by atoms with Crippen LogP contribution in [0.2, 0.25) is 0 Å². The maximum absolute atomic E-state index is 13.1. The first-order valence-electron chi connectivity index (χ1n) is 7.74. The number of pyridine rings is 1. The summed E-state index contributed by atoms with van der Waals surface area (Å²) in [6, 6.07) is 14.9. The fourth-order valence-electron chi connectivity index (χ4n) is 2.78. The van der Waals surface area contributed by atoms with Crippen molar-refractivity contribution in [3.8, 4) is 11.4 Å². The zero-order valence-electron chi connectivity index (χ0n) is 12.6. The van der Waals surface area contributed by atoms with Crippen molar-refractivity contribution in [2.45, 2.75) is 12.5 Å². The third-order valence-corrected chi connectivity index (χ3v) is 4.14. The highest BCUT2D eigenvalue weighted by atomic mass is 19.1. The van der Waals surface area contributed by atoms with Crippen molar-refractivity contribution < 1.29 is 4.39 Å². The van der Waals surface area contributed by atoms with Gasteiger partial charge in [0.15, 0.2) is 0 Å². The average molecular weight is 308 g/mol. The summed E-state index contributed by atoms with van der Waals surface area (Å²) in [5.41, 5.74) is 3.96. The molecule has 4 rings (SSSR count). The molecule has 1 fully saturated rings. The first-order valence-corrected chi connectivity index (χ1v) is 7.74. The van der Waals surface area contributed by atoms with E-state index in [-0.39, 0.29) is 5.82 Å². The smallest absolute Gasteiger partial charge is 0.123 e. The zero-order chi connectivity index (χ0) is 15.6. The lowest BCUT2D eigenvalue weighted by atomic mass is 10.1. The second kappa shape index (κ2) is 5.93. The molecule has 2 aromatic heterocycles. The molecule has 1 saturated heterocycles. The van der Waals surface area contributed by atoms with Gasteiger partial charge in [-0.05, 0) is 35.9 Å². The Morgan fingerprint density at radius 2 is 1.91 bits per heavy atom. The Labute approximate surface area is 134 Å². The Morgan fingerprint density at radius 3 is 2.57 bits per heavy atom. The van der Waals surface area contributed by atoms with Crippen LogP contribution in [0.15, 0.2) is 54.7 Å². The summed E-state index contributed by atoms with van der Waals surface area (Å²) >= 11 is 0. The Balaban J connectivity index is 1.69. The van der Waals surface area contributed by atoms with Crippen LogP contribution in [0.5, 0.6) is 0 Å². The number of hydrogen-bond acceptors (Lipinski definition) is 3. The van der Waals surface area contributed by atoms with Gasteiger partial charge in [-0.15, -0.1) is 0 Å². The lowest BCUT2D eigenvalue weighted by molar-refractivity contribution is 0.312. The molecular weight excluding hydrogens is 291 g/mol. The number of nitrogens with one attached hydrogen (secondary N) is 1. The van der Waals surface area contributed by atoms with Gasteiger partial charge in [0.05, 0.1) is 11.7 Å². The molecule has 1 aliphatic rings. The van der Waals surface area contributed by atoms with E-state index in [0.717, 1.165) is 42.2 Å². The predicted octanol–water partition coefficient (Wildman–Crippen LogP) is 2.82. The van der Waals surface area contributed by atoms with Crippen LogP contribution < -0.4 is 5.32 Å². The minimum atomic E-state index is -0.209. The molecule has 4 nitrogen and oxygen atoms in total. The normalized spacial score (nSPS) is 14.7. The summed E-state index contributed by atoms with van der Waals surface area (Å²) < 4.78 is 15.2. The van der Waals surface area contributed by atoms with Crippen LogP contribution in [0.25, 0.3) is 11.4 Å². The Bertz CT molecular complexity index is 792. The molecule has 0 spiro atoms. The molecule has 1 aliphatic heterocycles. The molecule has 23 heavy (non-hydrogen) atoms. The largest absolute Gasteiger partial charge is 0.312 e. The van der Waals surface area contributed by atoms with Crippen LogP contribution in [0.4, 0.5) is 4.39 Å². The minimum Gasteiger partial charge on any atom is -0.312 e. The van der Waals surface area contributed by atoms with E-state index in [1.165, 1.54) is 12.1 Å². The topological polar surface area (TPSA) is 42.7 Å². The second-order valence-corrected chi connectivity index (χ2v) is 5.80. The van der Waals surface area contributed by atoms with Gasteiger partial charge in [-0.1, -0.05) is 18.2 Å². The molecule has 116 valence electrons. The molecular formula is C18H17FN4. The maximum atomic E-state index is 13.1. The number of benzene rings is 1. The van der Waals surface area contributed by atoms with Crippen molar-refractivity contribution >= 4 is 0 Å². The van der Waals surface area contributed by atoms with E-state index in [9.17, 15) is 4.39 Å². The Hall–Kier alpha value is -2.53. The fraction of sp³-hybridized carbons (Fsp3) is 0.222. The van der Waals surface area contributed by atoms with Gasteiger partial charge in [0.1, 0.15) is 11.5 Å². The third kappa shape index (κ3) is 2.87. The quantitative estimate of drug-likeness (QED) is 0.806. The standard InChI is InChI=1S/C18H17FN4/c19-14-6-4-13(5-7-14)9-15-10-18(17-3-1-2-8-21-17)22-23(15)16-11-20-12-16/h1-8,10,16,20H,9,11-12H2.